The van der Waals surface area contributed by atoms with Crippen molar-refractivity contribution in [3.05, 3.63) is 29.8 Å². The van der Waals surface area contributed by atoms with E-state index in [1.165, 1.54) is 23.4 Å². The second-order valence-electron chi connectivity index (χ2n) is 4.74. The van der Waals surface area contributed by atoms with Crippen molar-refractivity contribution in [3.8, 4) is 0 Å². The van der Waals surface area contributed by atoms with Crippen molar-refractivity contribution in [3.63, 3.8) is 0 Å². The highest BCUT2D eigenvalue weighted by Crippen LogP contribution is 2.19. The van der Waals surface area contributed by atoms with E-state index in [1.54, 1.807) is 19.2 Å². The Hall–Kier alpha value is -1.20. The van der Waals surface area contributed by atoms with Crippen molar-refractivity contribution in [2.75, 3.05) is 7.05 Å². The van der Waals surface area contributed by atoms with E-state index in [1.807, 2.05) is 13.8 Å². The zero-order valence-electron chi connectivity index (χ0n) is 11.9. The molecule has 0 saturated carbocycles. The Labute approximate surface area is 115 Å². The topological polar surface area (TPSA) is 54.5 Å². The fourth-order valence-electron chi connectivity index (χ4n) is 1.88. The Balaban J connectivity index is 3.13. The molecule has 106 valence electrons. The normalized spacial score (nSPS) is 13.5. The van der Waals surface area contributed by atoms with Gasteiger partial charge in [0.1, 0.15) is 0 Å². The highest BCUT2D eigenvalue weighted by molar-refractivity contribution is 7.89. The van der Waals surface area contributed by atoms with Crippen LogP contribution in [-0.2, 0) is 10.0 Å². The van der Waals surface area contributed by atoms with Crippen LogP contribution in [-0.4, -0.2) is 31.6 Å². The van der Waals surface area contributed by atoms with E-state index >= 15 is 0 Å². The summed E-state index contributed by atoms with van der Waals surface area (Å²) in [6.07, 6.45) is 1.73. The number of sulfonamides is 1. The summed E-state index contributed by atoms with van der Waals surface area (Å²) in [5.74, 6) is -0.138. The van der Waals surface area contributed by atoms with Gasteiger partial charge in [0.15, 0.2) is 5.78 Å². The Morgan fingerprint density at radius 1 is 1.37 bits per heavy atom. The monoisotopic (exact) mass is 283 g/mol. The van der Waals surface area contributed by atoms with Crippen molar-refractivity contribution in [2.45, 2.75) is 44.6 Å². The maximum absolute atomic E-state index is 12.4. The van der Waals surface area contributed by atoms with Crippen LogP contribution in [0.2, 0.25) is 0 Å². The molecule has 0 heterocycles. The number of carbonyl (C=O) groups excluding carboxylic acids is 1. The molecule has 1 aromatic rings. The maximum atomic E-state index is 12.4. The first-order valence-corrected chi connectivity index (χ1v) is 7.83. The predicted molar refractivity (Wildman–Crippen MR) is 75.8 cm³/mol. The van der Waals surface area contributed by atoms with Crippen LogP contribution in [0.15, 0.2) is 29.2 Å². The van der Waals surface area contributed by atoms with Crippen molar-refractivity contribution >= 4 is 15.8 Å². The Bertz CT molecular complexity index is 552. The van der Waals surface area contributed by atoms with Crippen LogP contribution in [0.4, 0.5) is 0 Å². The van der Waals surface area contributed by atoms with Crippen molar-refractivity contribution in [2.24, 2.45) is 0 Å². The Kier molecular flexibility index (Phi) is 5.26. The molecule has 4 nitrogen and oxygen atoms in total. The highest BCUT2D eigenvalue weighted by atomic mass is 32.2. The molecule has 0 aliphatic carbocycles. The lowest BCUT2D eigenvalue weighted by atomic mass is 10.2. The largest absolute Gasteiger partial charge is 0.295 e. The van der Waals surface area contributed by atoms with Gasteiger partial charge in [-0.15, -0.1) is 0 Å². The minimum atomic E-state index is -3.54. The van der Waals surface area contributed by atoms with Crippen LogP contribution in [0.25, 0.3) is 0 Å². The standard InChI is InChI=1S/C14H21NO3S/c1-5-7-11(2)15(4)19(17,18)14-9-6-8-13(10-14)12(3)16/h6,8-11H,5,7H2,1-4H3. The van der Waals surface area contributed by atoms with Crippen LogP contribution in [0, 0.1) is 0 Å². The molecule has 0 bridgehead atoms. The third-order valence-corrected chi connectivity index (χ3v) is 5.21. The fraction of sp³-hybridized carbons (Fsp3) is 0.500. The van der Waals surface area contributed by atoms with E-state index in [0.717, 1.165) is 12.8 Å². The van der Waals surface area contributed by atoms with Crippen molar-refractivity contribution in [1.82, 2.24) is 4.31 Å². The third kappa shape index (κ3) is 3.64. The van der Waals surface area contributed by atoms with Gasteiger partial charge in [0.05, 0.1) is 4.90 Å². The Morgan fingerprint density at radius 3 is 2.53 bits per heavy atom. The summed E-state index contributed by atoms with van der Waals surface area (Å²) in [6, 6.07) is 6.12. The smallest absolute Gasteiger partial charge is 0.243 e. The van der Waals surface area contributed by atoms with Gasteiger partial charge in [-0.3, -0.25) is 4.79 Å². The molecule has 1 atom stereocenters. The van der Waals surface area contributed by atoms with Gasteiger partial charge < -0.3 is 0 Å². The molecule has 1 aromatic carbocycles. The van der Waals surface area contributed by atoms with Gasteiger partial charge in [-0.25, -0.2) is 8.42 Å². The summed E-state index contributed by atoms with van der Waals surface area (Å²) in [6.45, 7) is 5.33. The first-order chi connectivity index (χ1) is 8.80. The first-order valence-electron chi connectivity index (χ1n) is 6.39. The zero-order valence-corrected chi connectivity index (χ0v) is 12.7. The van der Waals surface area contributed by atoms with E-state index in [9.17, 15) is 13.2 Å². The number of hydrogen-bond acceptors (Lipinski definition) is 3. The van der Waals surface area contributed by atoms with Gasteiger partial charge in [0.2, 0.25) is 10.0 Å². The number of hydrogen-bond donors (Lipinski definition) is 0. The van der Waals surface area contributed by atoms with Crippen LogP contribution in [0.1, 0.15) is 44.0 Å². The summed E-state index contributed by atoms with van der Waals surface area (Å²) in [7, 11) is -1.96. The Morgan fingerprint density at radius 2 is 2.00 bits per heavy atom. The molecule has 1 rings (SSSR count). The molecule has 0 spiro atoms. The number of carbonyl (C=O) groups is 1. The lowest BCUT2D eigenvalue weighted by Gasteiger charge is -2.24. The summed E-state index contributed by atoms with van der Waals surface area (Å²) in [5.41, 5.74) is 0.414. The van der Waals surface area contributed by atoms with Gasteiger partial charge >= 0.3 is 0 Å². The molecule has 0 aliphatic rings. The third-order valence-electron chi connectivity index (χ3n) is 3.24. The number of ketones is 1. The highest BCUT2D eigenvalue weighted by Gasteiger charge is 2.25. The summed E-state index contributed by atoms with van der Waals surface area (Å²) >= 11 is 0. The average molecular weight is 283 g/mol. The molecule has 0 N–H and O–H groups in total. The number of nitrogens with zero attached hydrogens (tertiary/aromatic N) is 1. The molecular formula is C14H21NO3S. The second-order valence-corrected chi connectivity index (χ2v) is 6.74. The van der Waals surface area contributed by atoms with Crippen molar-refractivity contribution < 1.29 is 13.2 Å². The molecule has 1 unspecified atom stereocenters. The van der Waals surface area contributed by atoms with Gasteiger partial charge in [-0.1, -0.05) is 25.5 Å². The van der Waals surface area contributed by atoms with E-state index in [2.05, 4.69) is 0 Å². The number of rotatable bonds is 6. The van der Waals surface area contributed by atoms with E-state index in [4.69, 9.17) is 0 Å². The van der Waals surface area contributed by atoms with Gasteiger partial charge in [-0.05, 0) is 32.4 Å². The molecule has 0 saturated heterocycles. The van der Waals surface area contributed by atoms with Gasteiger partial charge in [0.25, 0.3) is 0 Å². The quantitative estimate of drug-likeness (QED) is 0.754. The summed E-state index contributed by atoms with van der Waals surface area (Å²) < 4.78 is 26.2. The number of Topliss-reactive ketones (excluding diaryl/α,β-unsaturated/α-hetero) is 1. The molecule has 0 radical (unpaired) electrons. The van der Waals surface area contributed by atoms with E-state index in [-0.39, 0.29) is 16.7 Å². The first kappa shape index (κ1) is 15.9. The summed E-state index contributed by atoms with van der Waals surface area (Å²) in [4.78, 5) is 11.5. The molecule has 0 aliphatic heterocycles. The van der Waals surface area contributed by atoms with Crippen LogP contribution in [0.3, 0.4) is 0 Å². The van der Waals surface area contributed by atoms with E-state index in [0.29, 0.717) is 5.56 Å². The molecule has 5 heteroatoms. The van der Waals surface area contributed by atoms with Crippen LogP contribution >= 0.6 is 0 Å². The minimum absolute atomic E-state index is 0.0593. The summed E-state index contributed by atoms with van der Waals surface area (Å²) in [5, 5.41) is 0. The molecule has 19 heavy (non-hydrogen) atoms. The second kappa shape index (κ2) is 6.30. The predicted octanol–water partition coefficient (Wildman–Crippen LogP) is 2.70. The van der Waals surface area contributed by atoms with Gasteiger partial charge in [0, 0.05) is 18.7 Å². The zero-order chi connectivity index (χ0) is 14.6. The van der Waals surface area contributed by atoms with Crippen LogP contribution in [0.5, 0.6) is 0 Å². The lowest BCUT2D eigenvalue weighted by molar-refractivity contribution is 0.101. The van der Waals surface area contributed by atoms with Crippen molar-refractivity contribution in [1.29, 1.82) is 0 Å². The molecular weight excluding hydrogens is 262 g/mol. The SMILES string of the molecule is CCCC(C)N(C)S(=O)(=O)c1cccc(C(C)=O)c1. The maximum Gasteiger partial charge on any atom is 0.243 e. The average Bonchev–Trinajstić information content (AvgIpc) is 2.38. The van der Waals surface area contributed by atoms with Crippen LogP contribution < -0.4 is 0 Å². The number of benzene rings is 1. The van der Waals surface area contributed by atoms with E-state index < -0.39 is 10.0 Å². The molecule has 0 fully saturated rings. The lowest BCUT2D eigenvalue weighted by Crippen LogP contribution is -2.35. The molecule has 0 aromatic heterocycles. The van der Waals surface area contributed by atoms with Gasteiger partial charge in [-0.2, -0.15) is 4.31 Å². The molecule has 0 amide bonds. The fourth-order valence-corrected chi connectivity index (χ4v) is 3.32. The minimum Gasteiger partial charge on any atom is -0.295 e.